The summed E-state index contributed by atoms with van der Waals surface area (Å²) in [5.74, 6) is 0. The summed E-state index contributed by atoms with van der Waals surface area (Å²) in [6.07, 6.45) is 1.73. The van der Waals surface area contributed by atoms with Crippen molar-refractivity contribution in [1.82, 2.24) is 0 Å². The molecule has 120 valence electrons. The van der Waals surface area contributed by atoms with Crippen molar-refractivity contribution in [2.45, 2.75) is 25.8 Å². The van der Waals surface area contributed by atoms with Gasteiger partial charge in [0.05, 0.1) is 6.61 Å². The monoisotopic (exact) mass is 314 g/mol. The number of anilines is 1. The fourth-order valence-electron chi connectivity index (χ4n) is 2.32. The molecule has 0 aliphatic carbocycles. The van der Waals surface area contributed by atoms with Gasteiger partial charge in [-0.2, -0.15) is 0 Å². The molecule has 0 amide bonds. The van der Waals surface area contributed by atoms with Crippen LogP contribution in [-0.2, 0) is 15.9 Å². The van der Waals surface area contributed by atoms with Gasteiger partial charge in [0.15, 0.2) is 0 Å². The Labute approximate surface area is 133 Å². The molecule has 1 unspecified atom stereocenters. The third kappa shape index (κ3) is 6.22. The Kier molecular flexibility index (Phi) is 8.69. The van der Waals surface area contributed by atoms with E-state index >= 15 is 0 Å². The maximum Gasteiger partial charge on any atom is 0.0637 e. The van der Waals surface area contributed by atoms with Crippen molar-refractivity contribution in [3.8, 4) is 0 Å². The number of ether oxygens (including phenoxy) is 2. The minimum Gasteiger partial charge on any atom is -0.385 e. The minimum absolute atomic E-state index is 0.0758. The van der Waals surface area contributed by atoms with Gasteiger partial charge in [-0.15, -0.1) is 0 Å². The van der Waals surface area contributed by atoms with Gasteiger partial charge in [0.1, 0.15) is 0 Å². The smallest absolute Gasteiger partial charge is 0.0637 e. The summed E-state index contributed by atoms with van der Waals surface area (Å²) in [5.41, 5.74) is 8.22. The first-order valence-corrected chi connectivity index (χ1v) is 7.73. The quantitative estimate of drug-likeness (QED) is 0.675. The fourth-order valence-corrected chi connectivity index (χ4v) is 2.57. The normalized spacial score (nSPS) is 12.4. The number of halogens is 1. The second kappa shape index (κ2) is 10.0. The maximum atomic E-state index is 6.37. The molecule has 0 aliphatic heterocycles. The zero-order valence-electron chi connectivity index (χ0n) is 13.3. The highest BCUT2D eigenvalue weighted by Gasteiger charge is 2.15. The summed E-state index contributed by atoms with van der Waals surface area (Å²) in [5, 5.41) is 0.777. The van der Waals surface area contributed by atoms with Crippen LogP contribution in [0.15, 0.2) is 18.2 Å². The molecule has 2 N–H and O–H groups in total. The summed E-state index contributed by atoms with van der Waals surface area (Å²) in [6, 6.07) is 6.09. The first-order chi connectivity index (χ1) is 10.1. The third-order valence-electron chi connectivity index (χ3n) is 3.30. The Morgan fingerprint density at radius 2 is 1.90 bits per heavy atom. The third-order valence-corrected chi connectivity index (χ3v) is 3.66. The van der Waals surface area contributed by atoms with Crippen molar-refractivity contribution >= 4 is 17.3 Å². The molecule has 0 radical (unpaired) electrons. The molecule has 0 fully saturated rings. The van der Waals surface area contributed by atoms with Gasteiger partial charge in [0.25, 0.3) is 0 Å². The first kappa shape index (κ1) is 18.2. The second-order valence-corrected chi connectivity index (χ2v) is 5.65. The Balaban J connectivity index is 2.95. The maximum absolute atomic E-state index is 6.37. The zero-order valence-corrected chi connectivity index (χ0v) is 14.0. The molecule has 1 atom stereocenters. The standard InChI is InChI=1S/C16H27ClN2O2/c1-13(18)12-14-15(17)6-4-7-16(14)19(9-11-21-3)8-5-10-20-2/h4,6-7,13H,5,8-12,18H2,1-3H3. The van der Waals surface area contributed by atoms with E-state index in [-0.39, 0.29) is 6.04 Å². The lowest BCUT2D eigenvalue weighted by molar-refractivity contribution is 0.191. The van der Waals surface area contributed by atoms with Crippen LogP contribution >= 0.6 is 11.6 Å². The van der Waals surface area contributed by atoms with Crippen LogP contribution in [0.2, 0.25) is 5.02 Å². The van der Waals surface area contributed by atoms with Gasteiger partial charge in [0, 0.05) is 50.7 Å². The molecule has 0 spiro atoms. The largest absolute Gasteiger partial charge is 0.385 e. The van der Waals surface area contributed by atoms with Crippen LogP contribution in [0.5, 0.6) is 0 Å². The summed E-state index contributed by atoms with van der Waals surface area (Å²) < 4.78 is 10.4. The summed E-state index contributed by atoms with van der Waals surface area (Å²) >= 11 is 6.37. The van der Waals surface area contributed by atoms with Crippen molar-refractivity contribution in [1.29, 1.82) is 0 Å². The lowest BCUT2D eigenvalue weighted by Crippen LogP contribution is -2.31. The SMILES string of the molecule is COCCCN(CCOC)c1cccc(Cl)c1CC(C)N. The van der Waals surface area contributed by atoms with Gasteiger partial charge >= 0.3 is 0 Å². The van der Waals surface area contributed by atoms with Crippen molar-refractivity contribution in [3.63, 3.8) is 0 Å². The molecule has 1 aromatic carbocycles. The van der Waals surface area contributed by atoms with Crippen molar-refractivity contribution in [2.75, 3.05) is 45.4 Å². The van der Waals surface area contributed by atoms with E-state index in [2.05, 4.69) is 11.0 Å². The van der Waals surface area contributed by atoms with E-state index in [1.54, 1.807) is 14.2 Å². The fraction of sp³-hybridized carbons (Fsp3) is 0.625. The van der Waals surface area contributed by atoms with E-state index in [1.807, 2.05) is 19.1 Å². The second-order valence-electron chi connectivity index (χ2n) is 5.25. The highest BCUT2D eigenvalue weighted by molar-refractivity contribution is 6.31. The number of nitrogens with two attached hydrogens (primary N) is 1. The van der Waals surface area contributed by atoms with Crippen LogP contribution in [0.4, 0.5) is 5.69 Å². The van der Waals surface area contributed by atoms with Crippen LogP contribution in [0.1, 0.15) is 18.9 Å². The zero-order chi connectivity index (χ0) is 15.7. The van der Waals surface area contributed by atoms with E-state index in [4.69, 9.17) is 26.8 Å². The van der Waals surface area contributed by atoms with Crippen LogP contribution in [0, 0.1) is 0 Å². The van der Waals surface area contributed by atoms with Crippen LogP contribution in [-0.4, -0.2) is 46.6 Å². The summed E-state index contributed by atoms with van der Waals surface area (Å²) in [4.78, 5) is 2.30. The van der Waals surface area contributed by atoms with Gasteiger partial charge in [-0.3, -0.25) is 0 Å². The summed E-state index contributed by atoms with van der Waals surface area (Å²) in [7, 11) is 3.44. The number of rotatable bonds is 10. The number of hydrogen-bond donors (Lipinski definition) is 1. The topological polar surface area (TPSA) is 47.7 Å². The van der Waals surface area contributed by atoms with Gasteiger partial charge in [0.2, 0.25) is 0 Å². The van der Waals surface area contributed by atoms with Gasteiger partial charge in [-0.05, 0) is 37.5 Å². The minimum atomic E-state index is 0.0758. The molecule has 0 aliphatic rings. The Morgan fingerprint density at radius 3 is 2.52 bits per heavy atom. The van der Waals surface area contributed by atoms with Crippen molar-refractivity contribution in [3.05, 3.63) is 28.8 Å². The molecular formula is C16H27ClN2O2. The van der Waals surface area contributed by atoms with E-state index in [1.165, 1.54) is 0 Å². The highest BCUT2D eigenvalue weighted by atomic mass is 35.5. The molecule has 1 rings (SSSR count). The van der Waals surface area contributed by atoms with E-state index in [0.717, 1.165) is 48.8 Å². The van der Waals surface area contributed by atoms with E-state index < -0.39 is 0 Å². The molecule has 21 heavy (non-hydrogen) atoms. The Hall–Kier alpha value is -0.810. The molecule has 0 saturated heterocycles. The number of methoxy groups -OCH3 is 2. The predicted molar refractivity (Wildman–Crippen MR) is 89.4 cm³/mol. The first-order valence-electron chi connectivity index (χ1n) is 7.36. The Morgan fingerprint density at radius 1 is 1.19 bits per heavy atom. The van der Waals surface area contributed by atoms with Crippen LogP contribution in [0.25, 0.3) is 0 Å². The van der Waals surface area contributed by atoms with Gasteiger partial charge < -0.3 is 20.1 Å². The van der Waals surface area contributed by atoms with E-state index in [9.17, 15) is 0 Å². The molecule has 0 aromatic heterocycles. The number of hydrogen-bond acceptors (Lipinski definition) is 4. The molecule has 1 aromatic rings. The highest BCUT2D eigenvalue weighted by Crippen LogP contribution is 2.28. The molecule has 0 saturated carbocycles. The van der Waals surface area contributed by atoms with Crippen LogP contribution in [0.3, 0.4) is 0 Å². The average Bonchev–Trinajstić information content (AvgIpc) is 2.45. The molecular weight excluding hydrogens is 288 g/mol. The van der Waals surface area contributed by atoms with Crippen LogP contribution < -0.4 is 10.6 Å². The predicted octanol–water partition coefficient (Wildman–Crippen LogP) is 2.72. The van der Waals surface area contributed by atoms with Crippen molar-refractivity contribution < 1.29 is 9.47 Å². The van der Waals surface area contributed by atoms with Crippen molar-refractivity contribution in [2.24, 2.45) is 5.73 Å². The van der Waals surface area contributed by atoms with Gasteiger partial charge in [-0.25, -0.2) is 0 Å². The lowest BCUT2D eigenvalue weighted by Gasteiger charge is -2.28. The molecule has 5 heteroatoms. The number of benzene rings is 1. The summed E-state index contributed by atoms with van der Waals surface area (Å²) in [6.45, 7) is 5.15. The Bertz CT molecular complexity index is 413. The molecule has 0 bridgehead atoms. The average molecular weight is 315 g/mol. The lowest BCUT2D eigenvalue weighted by atomic mass is 10.0. The molecule has 4 nitrogen and oxygen atoms in total. The number of nitrogens with zero attached hydrogens (tertiary/aromatic N) is 1. The van der Waals surface area contributed by atoms with E-state index in [0.29, 0.717) is 6.61 Å². The van der Waals surface area contributed by atoms with Gasteiger partial charge in [-0.1, -0.05) is 17.7 Å². The molecule has 0 heterocycles.